The topological polar surface area (TPSA) is 28.1 Å². The van der Waals surface area contributed by atoms with E-state index in [2.05, 4.69) is 20.8 Å². The van der Waals surface area contributed by atoms with Gasteiger partial charge in [0.25, 0.3) is 0 Å². The normalized spacial score (nSPS) is 8.58. The minimum Gasteiger partial charge on any atom is -0.237 e. The summed E-state index contributed by atoms with van der Waals surface area (Å²) < 4.78 is 0.755. The smallest absolute Gasteiger partial charge is 0.205 e. The third kappa shape index (κ3) is 1.64. The summed E-state index contributed by atoms with van der Waals surface area (Å²) in [6, 6.07) is 7.44. The van der Waals surface area contributed by atoms with Crippen LogP contribution in [0.3, 0.4) is 0 Å². The SMILES string of the molecule is [C-]#[N+]c1c(Br)cccc1CC#N. The van der Waals surface area contributed by atoms with Crippen molar-refractivity contribution in [2.24, 2.45) is 0 Å². The Hall–Kier alpha value is -1.32. The third-order valence-electron chi connectivity index (χ3n) is 1.45. The van der Waals surface area contributed by atoms with E-state index in [1.807, 2.05) is 12.1 Å². The number of benzene rings is 1. The maximum atomic E-state index is 8.46. The minimum absolute atomic E-state index is 0.289. The summed E-state index contributed by atoms with van der Waals surface area (Å²) >= 11 is 3.25. The molecule has 0 N–H and O–H groups in total. The Morgan fingerprint density at radius 3 is 2.92 bits per heavy atom. The molecule has 0 saturated carbocycles. The van der Waals surface area contributed by atoms with Crippen LogP contribution in [-0.2, 0) is 6.42 Å². The number of nitriles is 1. The van der Waals surface area contributed by atoms with Crippen molar-refractivity contribution in [2.75, 3.05) is 0 Å². The predicted molar refractivity (Wildman–Crippen MR) is 49.7 cm³/mol. The highest BCUT2D eigenvalue weighted by Gasteiger charge is 2.04. The molecule has 12 heavy (non-hydrogen) atoms. The van der Waals surface area contributed by atoms with Gasteiger partial charge in [0.05, 0.1) is 19.1 Å². The van der Waals surface area contributed by atoms with Crippen LogP contribution in [0.4, 0.5) is 5.69 Å². The van der Waals surface area contributed by atoms with Gasteiger partial charge in [-0.15, -0.1) is 0 Å². The van der Waals surface area contributed by atoms with Gasteiger partial charge in [0.1, 0.15) is 0 Å². The van der Waals surface area contributed by atoms with Gasteiger partial charge in [-0.25, -0.2) is 4.85 Å². The van der Waals surface area contributed by atoms with Crippen LogP contribution in [0.2, 0.25) is 0 Å². The van der Waals surface area contributed by atoms with Gasteiger partial charge in [-0.1, -0.05) is 34.1 Å². The van der Waals surface area contributed by atoms with Crippen molar-refractivity contribution in [1.29, 1.82) is 5.26 Å². The summed E-state index contributed by atoms with van der Waals surface area (Å²) in [4.78, 5) is 3.34. The number of halogens is 1. The zero-order valence-corrected chi connectivity index (χ0v) is 7.80. The molecule has 2 nitrogen and oxygen atoms in total. The summed E-state index contributed by atoms with van der Waals surface area (Å²) in [6.07, 6.45) is 0.289. The number of hydrogen-bond donors (Lipinski definition) is 0. The first-order valence-electron chi connectivity index (χ1n) is 3.31. The van der Waals surface area contributed by atoms with Crippen molar-refractivity contribution in [3.8, 4) is 6.07 Å². The summed E-state index contributed by atoms with van der Waals surface area (Å²) in [5.74, 6) is 0. The van der Waals surface area contributed by atoms with Crippen molar-refractivity contribution in [2.45, 2.75) is 6.42 Å². The van der Waals surface area contributed by atoms with Crippen molar-refractivity contribution >= 4 is 21.6 Å². The first-order chi connectivity index (χ1) is 5.79. The highest BCUT2D eigenvalue weighted by molar-refractivity contribution is 9.10. The van der Waals surface area contributed by atoms with E-state index in [9.17, 15) is 0 Å². The molecule has 1 aromatic carbocycles. The van der Waals surface area contributed by atoms with Gasteiger partial charge >= 0.3 is 0 Å². The summed E-state index contributed by atoms with van der Waals surface area (Å²) in [5, 5.41) is 8.46. The van der Waals surface area contributed by atoms with Gasteiger partial charge in [0.2, 0.25) is 5.69 Å². The average molecular weight is 221 g/mol. The second kappa shape index (κ2) is 3.90. The second-order valence-corrected chi connectivity index (χ2v) is 3.05. The molecular formula is C9H5BrN2. The molecule has 0 fully saturated rings. The molecular weight excluding hydrogens is 216 g/mol. The van der Waals surface area contributed by atoms with Crippen molar-refractivity contribution in [3.05, 3.63) is 39.7 Å². The highest BCUT2D eigenvalue weighted by atomic mass is 79.9. The van der Waals surface area contributed by atoms with E-state index in [1.165, 1.54) is 0 Å². The molecule has 0 saturated heterocycles. The Bertz CT molecular complexity index is 371. The quantitative estimate of drug-likeness (QED) is 0.669. The van der Waals surface area contributed by atoms with Gasteiger partial charge in [-0.3, -0.25) is 0 Å². The van der Waals surface area contributed by atoms with Gasteiger partial charge < -0.3 is 0 Å². The van der Waals surface area contributed by atoms with Gasteiger partial charge in [-0.2, -0.15) is 5.26 Å². The van der Waals surface area contributed by atoms with E-state index in [0.717, 1.165) is 10.0 Å². The molecule has 1 aromatic rings. The Morgan fingerprint density at radius 1 is 1.58 bits per heavy atom. The molecule has 3 heteroatoms. The van der Waals surface area contributed by atoms with Crippen LogP contribution >= 0.6 is 15.9 Å². The molecule has 0 atom stereocenters. The number of nitrogens with zero attached hydrogens (tertiary/aromatic N) is 2. The van der Waals surface area contributed by atoms with Gasteiger partial charge in [0, 0.05) is 4.47 Å². The Kier molecular flexibility index (Phi) is 2.85. The van der Waals surface area contributed by atoms with E-state index in [-0.39, 0.29) is 6.42 Å². The zero-order valence-electron chi connectivity index (χ0n) is 6.21. The van der Waals surface area contributed by atoms with Gasteiger partial charge in [0.15, 0.2) is 0 Å². The lowest BCUT2D eigenvalue weighted by Crippen LogP contribution is -1.81. The molecule has 0 amide bonds. The molecule has 0 aliphatic rings. The third-order valence-corrected chi connectivity index (χ3v) is 2.09. The van der Waals surface area contributed by atoms with Crippen LogP contribution in [0.5, 0.6) is 0 Å². The molecule has 0 aromatic heterocycles. The highest BCUT2D eigenvalue weighted by Crippen LogP contribution is 2.29. The fourth-order valence-corrected chi connectivity index (χ4v) is 1.41. The van der Waals surface area contributed by atoms with Crippen molar-refractivity contribution in [3.63, 3.8) is 0 Å². The number of para-hydroxylation sites is 1. The molecule has 1 rings (SSSR count). The Morgan fingerprint density at radius 2 is 2.33 bits per heavy atom. The van der Waals surface area contributed by atoms with E-state index in [0.29, 0.717) is 5.69 Å². The summed E-state index contributed by atoms with van der Waals surface area (Å²) in [6.45, 7) is 6.89. The Balaban J connectivity index is 3.23. The lowest BCUT2D eigenvalue weighted by atomic mass is 10.1. The van der Waals surface area contributed by atoms with E-state index in [4.69, 9.17) is 11.8 Å². The Labute approximate surface area is 79.4 Å². The van der Waals surface area contributed by atoms with E-state index in [1.54, 1.807) is 12.1 Å². The summed E-state index contributed by atoms with van der Waals surface area (Å²) in [7, 11) is 0. The maximum Gasteiger partial charge on any atom is 0.205 e. The number of rotatable bonds is 1. The standard InChI is InChI=1S/C9H5BrN2/c1-12-9-7(5-6-11)3-2-4-8(9)10/h2-4H,5H2. The molecule has 0 bridgehead atoms. The first-order valence-corrected chi connectivity index (χ1v) is 4.10. The van der Waals surface area contributed by atoms with Gasteiger partial charge in [-0.05, 0) is 5.56 Å². The molecule has 0 spiro atoms. The lowest BCUT2D eigenvalue weighted by molar-refractivity contribution is 1.27. The molecule has 0 aliphatic carbocycles. The largest absolute Gasteiger partial charge is 0.237 e. The van der Waals surface area contributed by atoms with E-state index < -0.39 is 0 Å². The monoisotopic (exact) mass is 220 g/mol. The van der Waals surface area contributed by atoms with Crippen molar-refractivity contribution in [1.82, 2.24) is 0 Å². The minimum atomic E-state index is 0.289. The maximum absolute atomic E-state index is 8.46. The second-order valence-electron chi connectivity index (χ2n) is 2.19. The number of hydrogen-bond acceptors (Lipinski definition) is 1. The lowest BCUT2D eigenvalue weighted by Gasteiger charge is -1.99. The van der Waals surface area contributed by atoms with Crippen LogP contribution in [0.25, 0.3) is 4.85 Å². The molecule has 0 radical (unpaired) electrons. The molecule has 58 valence electrons. The zero-order chi connectivity index (χ0) is 8.97. The average Bonchev–Trinajstić information content (AvgIpc) is 2.05. The molecule has 0 heterocycles. The van der Waals surface area contributed by atoms with Crippen LogP contribution in [0, 0.1) is 17.9 Å². The summed E-state index contributed by atoms with van der Waals surface area (Å²) in [5.41, 5.74) is 1.32. The van der Waals surface area contributed by atoms with Crippen LogP contribution < -0.4 is 0 Å². The first kappa shape index (κ1) is 8.77. The predicted octanol–water partition coefficient (Wildman–Crippen LogP) is 3.07. The van der Waals surface area contributed by atoms with Crippen molar-refractivity contribution < 1.29 is 0 Å². The van der Waals surface area contributed by atoms with Crippen LogP contribution in [-0.4, -0.2) is 0 Å². The van der Waals surface area contributed by atoms with E-state index >= 15 is 0 Å². The molecule has 0 aliphatic heterocycles. The fourth-order valence-electron chi connectivity index (χ4n) is 0.913. The fraction of sp³-hybridized carbons (Fsp3) is 0.111. The molecule has 0 unspecified atom stereocenters. The van der Waals surface area contributed by atoms with Crippen LogP contribution in [0.1, 0.15) is 5.56 Å². The van der Waals surface area contributed by atoms with Crippen LogP contribution in [0.15, 0.2) is 22.7 Å².